The average Bonchev–Trinajstić information content (AvgIpc) is 2.81. The van der Waals surface area contributed by atoms with Gasteiger partial charge in [-0.15, -0.1) is 11.3 Å². The minimum atomic E-state index is -1.28. The Bertz CT molecular complexity index is 473. The molecule has 104 valence electrons. The second kappa shape index (κ2) is 6.30. The fourth-order valence-electron chi connectivity index (χ4n) is 1.46. The van der Waals surface area contributed by atoms with Gasteiger partial charge in [0, 0.05) is 0 Å². The van der Waals surface area contributed by atoms with Crippen LogP contribution in [0.15, 0.2) is 17.5 Å². The molecule has 0 unspecified atom stereocenters. The zero-order valence-electron chi connectivity index (χ0n) is 10.1. The van der Waals surface area contributed by atoms with Crippen LogP contribution in [-0.2, 0) is 14.4 Å². The number of amides is 1. The lowest BCUT2D eigenvalue weighted by molar-refractivity contribution is -0.140. The fourth-order valence-corrected chi connectivity index (χ4v) is 2.28. The number of aliphatic carboxylic acids is 2. The maximum Gasteiger partial charge on any atom is 0.326 e. The zero-order valence-corrected chi connectivity index (χ0v) is 11.0. The molecule has 7 nitrogen and oxygen atoms in total. The maximum absolute atomic E-state index is 12.1. The van der Waals surface area contributed by atoms with Crippen LogP contribution in [-0.4, -0.2) is 40.1 Å². The third-order valence-corrected chi connectivity index (χ3v) is 3.30. The van der Waals surface area contributed by atoms with Gasteiger partial charge in [-0.05, 0) is 24.4 Å². The summed E-state index contributed by atoms with van der Waals surface area (Å²) >= 11 is 1.18. The second-order valence-electron chi connectivity index (χ2n) is 3.88. The van der Waals surface area contributed by atoms with E-state index in [4.69, 9.17) is 15.9 Å². The monoisotopic (exact) mass is 286 g/mol. The SMILES string of the molecule is C[C@@H](C(=O)O)N(C(=O)[C@@H](N)CC(=O)O)c1cccs1. The van der Waals surface area contributed by atoms with Crippen LogP contribution in [0.1, 0.15) is 13.3 Å². The quantitative estimate of drug-likeness (QED) is 0.694. The lowest BCUT2D eigenvalue weighted by atomic mass is 10.1. The Morgan fingerprint density at radius 1 is 1.42 bits per heavy atom. The molecule has 0 aromatic carbocycles. The molecule has 1 rings (SSSR count). The molecular weight excluding hydrogens is 272 g/mol. The van der Waals surface area contributed by atoms with E-state index in [1.54, 1.807) is 17.5 Å². The van der Waals surface area contributed by atoms with Gasteiger partial charge >= 0.3 is 11.9 Å². The number of carboxylic acid groups (broad SMARTS) is 2. The smallest absolute Gasteiger partial charge is 0.326 e. The normalized spacial score (nSPS) is 13.6. The highest BCUT2D eigenvalue weighted by Crippen LogP contribution is 2.24. The van der Waals surface area contributed by atoms with Crippen LogP contribution in [0.3, 0.4) is 0 Å². The minimum absolute atomic E-state index is 0.417. The zero-order chi connectivity index (χ0) is 14.6. The van der Waals surface area contributed by atoms with Crippen molar-refractivity contribution in [2.45, 2.75) is 25.4 Å². The number of carboxylic acids is 2. The van der Waals surface area contributed by atoms with Crippen molar-refractivity contribution in [1.29, 1.82) is 0 Å². The van der Waals surface area contributed by atoms with Gasteiger partial charge in [0.15, 0.2) is 0 Å². The Morgan fingerprint density at radius 3 is 2.47 bits per heavy atom. The lowest BCUT2D eigenvalue weighted by Gasteiger charge is -2.27. The van der Waals surface area contributed by atoms with E-state index in [-0.39, 0.29) is 0 Å². The van der Waals surface area contributed by atoms with Gasteiger partial charge in [-0.25, -0.2) is 4.79 Å². The van der Waals surface area contributed by atoms with Crippen molar-refractivity contribution in [3.05, 3.63) is 17.5 Å². The van der Waals surface area contributed by atoms with Crippen LogP contribution in [0.25, 0.3) is 0 Å². The Hall–Kier alpha value is -1.93. The molecule has 0 aliphatic rings. The summed E-state index contributed by atoms with van der Waals surface area (Å²) in [5.74, 6) is -3.13. The third-order valence-electron chi connectivity index (χ3n) is 2.44. The van der Waals surface area contributed by atoms with Gasteiger partial charge in [0.25, 0.3) is 0 Å². The van der Waals surface area contributed by atoms with Crippen molar-refractivity contribution < 1.29 is 24.6 Å². The molecule has 0 aliphatic carbocycles. The topological polar surface area (TPSA) is 121 Å². The standard InChI is InChI=1S/C11H14N2O5S/c1-6(11(17)18)13(8-3-2-4-19-8)10(16)7(12)5-9(14)15/h2-4,6-7H,5,12H2,1H3,(H,14,15)(H,17,18)/t6-,7-/m0/s1. The number of thiophene rings is 1. The van der Waals surface area contributed by atoms with Gasteiger partial charge in [0.2, 0.25) is 5.91 Å². The number of carbonyl (C=O) groups excluding carboxylic acids is 1. The number of rotatable bonds is 6. The molecule has 8 heteroatoms. The van der Waals surface area contributed by atoms with Crippen LogP contribution in [0, 0.1) is 0 Å². The van der Waals surface area contributed by atoms with Gasteiger partial charge in [0.05, 0.1) is 17.5 Å². The second-order valence-corrected chi connectivity index (χ2v) is 4.80. The van der Waals surface area contributed by atoms with Crippen molar-refractivity contribution in [2.24, 2.45) is 5.73 Å². The first-order valence-electron chi connectivity index (χ1n) is 5.41. The molecule has 1 heterocycles. The van der Waals surface area contributed by atoms with Crippen LogP contribution in [0.4, 0.5) is 5.00 Å². The predicted molar refractivity (Wildman–Crippen MR) is 69.1 cm³/mol. The molecule has 4 N–H and O–H groups in total. The Morgan fingerprint density at radius 2 is 2.05 bits per heavy atom. The van der Waals surface area contributed by atoms with E-state index in [9.17, 15) is 14.4 Å². The fraction of sp³-hybridized carbons (Fsp3) is 0.364. The largest absolute Gasteiger partial charge is 0.481 e. The number of carbonyl (C=O) groups is 3. The summed E-state index contributed by atoms with van der Waals surface area (Å²) in [4.78, 5) is 34.7. The highest BCUT2D eigenvalue weighted by molar-refractivity contribution is 7.14. The molecule has 0 radical (unpaired) electrons. The van der Waals surface area contributed by atoms with Crippen molar-refractivity contribution in [2.75, 3.05) is 4.90 Å². The van der Waals surface area contributed by atoms with Gasteiger partial charge in [-0.2, -0.15) is 0 Å². The highest BCUT2D eigenvalue weighted by atomic mass is 32.1. The lowest BCUT2D eigenvalue weighted by Crippen LogP contribution is -2.51. The summed E-state index contributed by atoms with van der Waals surface area (Å²) < 4.78 is 0. The summed E-state index contributed by atoms with van der Waals surface area (Å²) in [7, 11) is 0. The van der Waals surface area contributed by atoms with E-state index in [1.165, 1.54) is 18.3 Å². The van der Waals surface area contributed by atoms with E-state index in [0.717, 1.165) is 4.90 Å². The number of nitrogens with two attached hydrogens (primary N) is 1. The summed E-state index contributed by atoms with van der Waals surface area (Å²) in [6, 6.07) is 0.847. The number of nitrogens with zero attached hydrogens (tertiary/aromatic N) is 1. The number of hydrogen-bond acceptors (Lipinski definition) is 5. The summed E-state index contributed by atoms with van der Waals surface area (Å²) in [6.07, 6.45) is -0.549. The Labute approximate surface area is 113 Å². The van der Waals surface area contributed by atoms with Gasteiger partial charge in [-0.3, -0.25) is 14.5 Å². The molecule has 1 aromatic heterocycles. The molecule has 0 saturated carbocycles. The van der Waals surface area contributed by atoms with Gasteiger partial charge in [0.1, 0.15) is 6.04 Å². The molecule has 1 aromatic rings. The molecule has 19 heavy (non-hydrogen) atoms. The third kappa shape index (κ3) is 3.76. The first kappa shape index (κ1) is 15.1. The van der Waals surface area contributed by atoms with Gasteiger partial charge < -0.3 is 15.9 Å². The van der Waals surface area contributed by atoms with Crippen molar-refractivity contribution in [3.63, 3.8) is 0 Å². The van der Waals surface area contributed by atoms with Crippen LogP contribution < -0.4 is 10.6 Å². The molecular formula is C11H14N2O5S. The van der Waals surface area contributed by atoms with Crippen molar-refractivity contribution in [1.82, 2.24) is 0 Å². The predicted octanol–water partition coefficient (Wildman–Crippen LogP) is 0.356. The van der Waals surface area contributed by atoms with Crippen molar-refractivity contribution >= 4 is 34.2 Å². The molecule has 0 saturated heterocycles. The summed E-state index contributed by atoms with van der Waals surface area (Å²) in [5, 5.41) is 19.8. The van der Waals surface area contributed by atoms with Crippen LogP contribution >= 0.6 is 11.3 Å². The summed E-state index contributed by atoms with van der Waals surface area (Å²) in [5.41, 5.74) is 5.50. The molecule has 0 fully saturated rings. The number of anilines is 1. The van der Waals surface area contributed by atoms with Gasteiger partial charge in [-0.1, -0.05) is 0 Å². The average molecular weight is 286 g/mol. The molecule has 2 atom stereocenters. The maximum atomic E-state index is 12.1. The van der Waals surface area contributed by atoms with E-state index in [2.05, 4.69) is 0 Å². The molecule has 0 aliphatic heterocycles. The molecule has 0 bridgehead atoms. The van der Waals surface area contributed by atoms with E-state index in [1.807, 2.05) is 0 Å². The van der Waals surface area contributed by atoms with E-state index < -0.39 is 36.4 Å². The van der Waals surface area contributed by atoms with Crippen LogP contribution in [0.2, 0.25) is 0 Å². The molecule has 1 amide bonds. The first-order chi connectivity index (χ1) is 8.84. The van der Waals surface area contributed by atoms with Crippen molar-refractivity contribution in [3.8, 4) is 0 Å². The Balaban J connectivity index is 3.00. The summed E-state index contributed by atoms with van der Waals surface area (Å²) in [6.45, 7) is 1.34. The number of hydrogen-bond donors (Lipinski definition) is 3. The van der Waals surface area contributed by atoms with Crippen LogP contribution in [0.5, 0.6) is 0 Å². The van der Waals surface area contributed by atoms with E-state index >= 15 is 0 Å². The minimum Gasteiger partial charge on any atom is -0.481 e. The van der Waals surface area contributed by atoms with E-state index in [0.29, 0.717) is 5.00 Å². The first-order valence-corrected chi connectivity index (χ1v) is 6.29. The molecule has 0 spiro atoms. The highest BCUT2D eigenvalue weighted by Gasteiger charge is 2.32. The Kier molecular flexibility index (Phi) is 5.02.